The second kappa shape index (κ2) is 4.85. The second-order valence-corrected chi connectivity index (χ2v) is 3.78. The minimum absolute atomic E-state index is 0.113. The monoisotopic (exact) mass is 229 g/mol. The van der Waals surface area contributed by atoms with Gasteiger partial charge in [-0.25, -0.2) is 4.98 Å². The summed E-state index contributed by atoms with van der Waals surface area (Å²) in [5.41, 5.74) is 5.50. The number of nitrogens with one attached hydrogen (secondary N) is 1. The maximum atomic E-state index is 11.5. The van der Waals surface area contributed by atoms with Crippen LogP contribution in [0.1, 0.15) is 25.2 Å². The predicted molar refractivity (Wildman–Crippen MR) is 54.8 cm³/mol. The molecule has 0 aliphatic rings. The number of aryl methyl sites for hydroxylation is 1. The number of hydrogen-bond donors (Lipinski definition) is 3. The molecule has 0 unspecified atom stereocenters. The molecule has 6 nitrogen and oxygen atoms in total. The van der Waals surface area contributed by atoms with Gasteiger partial charge in [0.25, 0.3) is 11.8 Å². The van der Waals surface area contributed by atoms with Gasteiger partial charge in [-0.05, 0) is 6.92 Å². The highest BCUT2D eigenvalue weighted by Gasteiger charge is 2.16. The number of carbonyl (C=O) groups is 2. The molecule has 1 heterocycles. The Morgan fingerprint density at radius 1 is 1.60 bits per heavy atom. The molecule has 1 aromatic heterocycles. The standard InChI is InChI=1S/C8H11N3O3S/c1-4-5(7(14)10-2-3-12)15-8(11-4)6(9)13/h12H,2-3H2,1H3,(H2,9,13)(H,10,14). The van der Waals surface area contributed by atoms with Crippen LogP contribution in [0.5, 0.6) is 0 Å². The van der Waals surface area contributed by atoms with Crippen LogP contribution in [0.4, 0.5) is 0 Å². The van der Waals surface area contributed by atoms with Crippen molar-refractivity contribution in [2.75, 3.05) is 13.2 Å². The molecule has 0 bridgehead atoms. The Bertz CT molecular complexity index is 388. The van der Waals surface area contributed by atoms with Gasteiger partial charge < -0.3 is 16.2 Å². The lowest BCUT2D eigenvalue weighted by Gasteiger charge is -1.99. The Kier molecular flexibility index (Phi) is 3.75. The van der Waals surface area contributed by atoms with Crippen LogP contribution in [-0.2, 0) is 0 Å². The average Bonchev–Trinajstić information content (AvgIpc) is 2.57. The van der Waals surface area contributed by atoms with Crippen molar-refractivity contribution in [2.45, 2.75) is 6.92 Å². The van der Waals surface area contributed by atoms with Crippen LogP contribution in [0.25, 0.3) is 0 Å². The molecule has 0 saturated carbocycles. The summed E-state index contributed by atoms with van der Waals surface area (Å²) >= 11 is 0.947. The third-order valence-corrected chi connectivity index (χ3v) is 2.78. The fourth-order valence-electron chi connectivity index (χ4n) is 0.962. The first-order valence-corrected chi connectivity index (χ1v) is 5.04. The first-order chi connectivity index (χ1) is 7.06. The molecule has 1 aromatic rings. The molecule has 4 N–H and O–H groups in total. The van der Waals surface area contributed by atoms with Crippen molar-refractivity contribution < 1.29 is 14.7 Å². The zero-order chi connectivity index (χ0) is 11.4. The van der Waals surface area contributed by atoms with E-state index in [9.17, 15) is 9.59 Å². The highest BCUT2D eigenvalue weighted by Crippen LogP contribution is 2.17. The zero-order valence-electron chi connectivity index (χ0n) is 8.11. The number of aliphatic hydroxyl groups excluding tert-OH is 1. The van der Waals surface area contributed by atoms with E-state index in [-0.39, 0.29) is 24.1 Å². The molecule has 1 rings (SSSR count). The first kappa shape index (κ1) is 11.6. The lowest BCUT2D eigenvalue weighted by Crippen LogP contribution is -2.26. The van der Waals surface area contributed by atoms with E-state index < -0.39 is 5.91 Å². The minimum atomic E-state index is -0.649. The third kappa shape index (κ3) is 2.74. The molecule has 0 saturated heterocycles. The van der Waals surface area contributed by atoms with Gasteiger partial charge in [-0.3, -0.25) is 9.59 Å². The van der Waals surface area contributed by atoms with Crippen LogP contribution in [-0.4, -0.2) is 35.1 Å². The molecular weight excluding hydrogens is 218 g/mol. The molecule has 0 atom stereocenters. The molecule has 0 spiro atoms. The van der Waals surface area contributed by atoms with Gasteiger partial charge in [-0.1, -0.05) is 0 Å². The molecule has 2 amide bonds. The fourth-order valence-corrected chi connectivity index (χ4v) is 1.80. The molecule has 15 heavy (non-hydrogen) atoms. The first-order valence-electron chi connectivity index (χ1n) is 4.22. The summed E-state index contributed by atoms with van der Waals surface area (Å²) in [7, 11) is 0. The number of thiazole rings is 1. The number of aromatic nitrogens is 1. The van der Waals surface area contributed by atoms with Gasteiger partial charge in [0.05, 0.1) is 12.3 Å². The van der Waals surface area contributed by atoms with Crippen molar-refractivity contribution in [2.24, 2.45) is 5.73 Å². The van der Waals surface area contributed by atoms with Gasteiger partial charge in [0.15, 0.2) is 5.01 Å². The van der Waals surface area contributed by atoms with Gasteiger partial charge in [-0.15, -0.1) is 11.3 Å². The van der Waals surface area contributed by atoms with Crippen molar-refractivity contribution in [3.63, 3.8) is 0 Å². The molecule has 0 aliphatic heterocycles. The van der Waals surface area contributed by atoms with Crippen molar-refractivity contribution >= 4 is 23.2 Å². The SMILES string of the molecule is Cc1nc(C(N)=O)sc1C(=O)NCCO. The molecule has 0 radical (unpaired) electrons. The van der Waals surface area contributed by atoms with E-state index in [2.05, 4.69) is 10.3 Å². The van der Waals surface area contributed by atoms with Crippen LogP contribution in [0.2, 0.25) is 0 Å². The van der Waals surface area contributed by atoms with Crippen LogP contribution in [0.15, 0.2) is 0 Å². The molecule has 0 fully saturated rings. The van der Waals surface area contributed by atoms with Gasteiger partial charge in [0, 0.05) is 6.54 Å². The summed E-state index contributed by atoms with van der Waals surface area (Å²) in [6.45, 7) is 1.66. The fraction of sp³-hybridized carbons (Fsp3) is 0.375. The number of aliphatic hydroxyl groups is 1. The van der Waals surface area contributed by atoms with E-state index in [0.29, 0.717) is 10.6 Å². The zero-order valence-corrected chi connectivity index (χ0v) is 8.93. The van der Waals surface area contributed by atoms with Crippen molar-refractivity contribution in [1.82, 2.24) is 10.3 Å². The number of nitrogens with two attached hydrogens (primary N) is 1. The molecular formula is C8H11N3O3S. The molecule has 0 aliphatic carbocycles. The summed E-state index contributed by atoms with van der Waals surface area (Å²) in [5.74, 6) is -1.00. The lowest BCUT2D eigenvalue weighted by atomic mass is 10.4. The lowest BCUT2D eigenvalue weighted by molar-refractivity contribution is 0.0947. The topological polar surface area (TPSA) is 105 Å². The van der Waals surface area contributed by atoms with Gasteiger partial charge in [0.1, 0.15) is 4.88 Å². The largest absolute Gasteiger partial charge is 0.395 e. The summed E-state index contributed by atoms with van der Waals surface area (Å²) in [4.78, 5) is 26.5. The maximum absolute atomic E-state index is 11.5. The number of nitrogens with zero attached hydrogens (tertiary/aromatic N) is 1. The smallest absolute Gasteiger partial charge is 0.277 e. The van der Waals surface area contributed by atoms with E-state index in [1.165, 1.54) is 0 Å². The van der Waals surface area contributed by atoms with E-state index in [1.807, 2.05) is 0 Å². The Hall–Kier alpha value is -1.47. The Labute approximate surface area is 90.1 Å². The van der Waals surface area contributed by atoms with Gasteiger partial charge >= 0.3 is 0 Å². The normalized spacial score (nSPS) is 10.0. The van der Waals surface area contributed by atoms with Gasteiger partial charge in [-0.2, -0.15) is 0 Å². The van der Waals surface area contributed by atoms with E-state index >= 15 is 0 Å². The summed E-state index contributed by atoms with van der Waals surface area (Å²) in [5, 5.41) is 11.1. The minimum Gasteiger partial charge on any atom is -0.395 e. The molecule has 0 aromatic carbocycles. The van der Waals surface area contributed by atoms with E-state index in [1.54, 1.807) is 6.92 Å². The average molecular weight is 229 g/mol. The summed E-state index contributed by atoms with van der Waals surface area (Å²) in [6.07, 6.45) is 0. The van der Waals surface area contributed by atoms with Crippen LogP contribution >= 0.6 is 11.3 Å². The van der Waals surface area contributed by atoms with Crippen LogP contribution in [0, 0.1) is 6.92 Å². The highest BCUT2D eigenvalue weighted by atomic mass is 32.1. The predicted octanol–water partition coefficient (Wildman–Crippen LogP) is -0.727. The number of primary amides is 1. The number of rotatable bonds is 4. The summed E-state index contributed by atoms with van der Waals surface area (Å²) in [6, 6.07) is 0. The molecule has 82 valence electrons. The maximum Gasteiger partial charge on any atom is 0.277 e. The van der Waals surface area contributed by atoms with Gasteiger partial charge in [0.2, 0.25) is 0 Å². The number of hydrogen-bond acceptors (Lipinski definition) is 5. The van der Waals surface area contributed by atoms with E-state index in [4.69, 9.17) is 10.8 Å². The van der Waals surface area contributed by atoms with E-state index in [0.717, 1.165) is 11.3 Å². The Balaban J connectivity index is 2.85. The highest BCUT2D eigenvalue weighted by molar-refractivity contribution is 7.15. The quantitative estimate of drug-likeness (QED) is 0.633. The second-order valence-electron chi connectivity index (χ2n) is 2.78. The van der Waals surface area contributed by atoms with Crippen molar-refractivity contribution in [1.29, 1.82) is 0 Å². The van der Waals surface area contributed by atoms with Crippen molar-refractivity contribution in [3.05, 3.63) is 15.6 Å². The van der Waals surface area contributed by atoms with Crippen LogP contribution < -0.4 is 11.1 Å². The molecule has 7 heteroatoms. The van der Waals surface area contributed by atoms with Crippen LogP contribution in [0.3, 0.4) is 0 Å². The Morgan fingerprint density at radius 2 is 2.27 bits per heavy atom. The van der Waals surface area contributed by atoms with Crippen molar-refractivity contribution in [3.8, 4) is 0 Å². The summed E-state index contributed by atoms with van der Waals surface area (Å²) < 4.78 is 0. The Morgan fingerprint density at radius 3 is 2.73 bits per heavy atom. The number of amides is 2. The third-order valence-electron chi connectivity index (χ3n) is 1.61. The number of carbonyl (C=O) groups excluding carboxylic acids is 2.